The minimum Gasteiger partial charge on any atom is -0.497 e. The molecule has 11 nitrogen and oxygen atoms in total. The van der Waals surface area contributed by atoms with E-state index in [9.17, 15) is 9.59 Å². The van der Waals surface area contributed by atoms with Crippen molar-refractivity contribution in [3.8, 4) is 11.5 Å². The number of methoxy groups -OCH3 is 2. The summed E-state index contributed by atoms with van der Waals surface area (Å²) in [6, 6.07) is 25.1. The molecule has 0 fully saturated rings. The number of benzene rings is 3. The van der Waals surface area contributed by atoms with Crippen molar-refractivity contribution in [1.29, 1.82) is 0 Å². The molecular formula is C37H41N5O6S2. The molecule has 262 valence electrons. The third-order valence-corrected chi connectivity index (χ3v) is 9.23. The average Bonchev–Trinajstić information content (AvgIpc) is 3.86. The van der Waals surface area contributed by atoms with E-state index < -0.39 is 12.2 Å². The van der Waals surface area contributed by atoms with Crippen molar-refractivity contribution in [3.63, 3.8) is 0 Å². The second-order valence-corrected chi connectivity index (χ2v) is 13.5. The molecule has 0 saturated heterocycles. The number of nitrogens with one attached hydrogen (secondary N) is 2. The summed E-state index contributed by atoms with van der Waals surface area (Å²) < 4.78 is 22.3. The predicted molar refractivity (Wildman–Crippen MR) is 194 cm³/mol. The van der Waals surface area contributed by atoms with Gasteiger partial charge < -0.3 is 29.6 Å². The van der Waals surface area contributed by atoms with E-state index in [1.165, 1.54) is 22.7 Å². The number of carbonyl (C=O) groups excluding carboxylic acids is 2. The van der Waals surface area contributed by atoms with Gasteiger partial charge in [-0.15, -0.1) is 22.7 Å². The van der Waals surface area contributed by atoms with Crippen LogP contribution in [0.4, 0.5) is 9.59 Å². The molecule has 0 aliphatic heterocycles. The first-order valence-electron chi connectivity index (χ1n) is 16.1. The molecule has 0 radical (unpaired) electrons. The fourth-order valence-corrected chi connectivity index (χ4v) is 6.49. The van der Waals surface area contributed by atoms with Gasteiger partial charge in [0.15, 0.2) is 0 Å². The van der Waals surface area contributed by atoms with E-state index >= 15 is 0 Å². The standard InChI is InChI=1S/C37H41N5O6S2/c1-45-32-15-29(16-33(17-32)46-2)20-42(21-30(13-27-9-5-3-6-10-27)40-36(43)47-23-34-18-38-25-49-34)22-31(14-28-11-7-4-8-12-28)41-37(44)48-24-35-19-39-26-50-35/h3-12,15-19,25-26,30-31H,13-14,20-24H2,1-2H3,(H,40,43)(H,41,44)/t30-,31+. The molecule has 2 atom stereocenters. The Morgan fingerprint density at radius 1 is 0.680 bits per heavy atom. The smallest absolute Gasteiger partial charge is 0.407 e. The first-order valence-corrected chi connectivity index (χ1v) is 17.8. The molecule has 5 aromatic rings. The van der Waals surface area contributed by atoms with Crippen LogP contribution in [0.25, 0.3) is 0 Å². The molecule has 13 heteroatoms. The Balaban J connectivity index is 1.40. The van der Waals surface area contributed by atoms with E-state index in [0.29, 0.717) is 44.0 Å². The number of ether oxygens (including phenoxy) is 4. The normalized spacial score (nSPS) is 12.1. The van der Waals surface area contributed by atoms with Gasteiger partial charge in [0, 0.05) is 50.2 Å². The van der Waals surface area contributed by atoms with Gasteiger partial charge in [-0.3, -0.25) is 14.9 Å². The second-order valence-electron chi connectivity index (χ2n) is 11.6. The minimum absolute atomic E-state index is 0.134. The van der Waals surface area contributed by atoms with Crippen LogP contribution >= 0.6 is 22.7 Å². The summed E-state index contributed by atoms with van der Waals surface area (Å²) in [5.74, 6) is 1.33. The Morgan fingerprint density at radius 3 is 1.54 bits per heavy atom. The molecule has 0 unspecified atom stereocenters. The topological polar surface area (TPSA) is 124 Å². The zero-order valence-corrected chi connectivity index (χ0v) is 29.7. The molecule has 5 rings (SSSR count). The maximum atomic E-state index is 13.1. The number of hydrogen-bond acceptors (Lipinski definition) is 11. The second kappa shape index (κ2) is 19.3. The summed E-state index contributed by atoms with van der Waals surface area (Å²) in [4.78, 5) is 38.3. The highest BCUT2D eigenvalue weighted by Gasteiger charge is 2.24. The Bertz CT molecular complexity index is 1600. The lowest BCUT2D eigenvalue weighted by atomic mass is 10.0. The quantitative estimate of drug-likeness (QED) is 0.105. The molecule has 0 spiro atoms. The van der Waals surface area contributed by atoms with E-state index in [-0.39, 0.29) is 25.3 Å². The zero-order chi connectivity index (χ0) is 35.0. The number of carbonyl (C=O) groups is 2. The van der Waals surface area contributed by atoms with Crippen LogP contribution in [-0.4, -0.2) is 66.4 Å². The van der Waals surface area contributed by atoms with E-state index in [0.717, 1.165) is 26.4 Å². The monoisotopic (exact) mass is 715 g/mol. The fourth-order valence-electron chi connectivity index (χ4n) is 5.48. The van der Waals surface area contributed by atoms with Crippen molar-refractivity contribution in [2.75, 3.05) is 27.3 Å². The molecule has 0 aliphatic carbocycles. The third-order valence-electron chi connectivity index (χ3n) is 7.73. The zero-order valence-electron chi connectivity index (χ0n) is 28.0. The average molecular weight is 716 g/mol. The van der Waals surface area contributed by atoms with Crippen molar-refractivity contribution < 1.29 is 28.5 Å². The van der Waals surface area contributed by atoms with Gasteiger partial charge in [0.05, 0.1) is 35.0 Å². The molecule has 2 N–H and O–H groups in total. The molecule has 50 heavy (non-hydrogen) atoms. The van der Waals surface area contributed by atoms with Crippen LogP contribution in [0.2, 0.25) is 0 Å². The molecule has 3 aromatic carbocycles. The number of aromatic nitrogens is 2. The highest BCUT2D eigenvalue weighted by Crippen LogP contribution is 2.24. The maximum Gasteiger partial charge on any atom is 0.407 e. The van der Waals surface area contributed by atoms with Gasteiger partial charge in [-0.1, -0.05) is 60.7 Å². The van der Waals surface area contributed by atoms with Gasteiger partial charge in [-0.2, -0.15) is 0 Å². The molecule has 2 aromatic heterocycles. The number of thiazole rings is 2. The molecule has 0 bridgehead atoms. The molecular weight excluding hydrogens is 675 g/mol. The van der Waals surface area contributed by atoms with Crippen LogP contribution in [0.1, 0.15) is 26.4 Å². The lowest BCUT2D eigenvalue weighted by Crippen LogP contribution is -2.50. The van der Waals surface area contributed by atoms with Gasteiger partial charge in [0.25, 0.3) is 0 Å². The lowest BCUT2D eigenvalue weighted by Gasteiger charge is -2.32. The van der Waals surface area contributed by atoms with E-state index in [1.54, 1.807) is 37.6 Å². The Morgan fingerprint density at radius 2 is 1.14 bits per heavy atom. The first kappa shape index (κ1) is 36.3. The van der Waals surface area contributed by atoms with Gasteiger partial charge >= 0.3 is 12.2 Å². The molecule has 0 saturated carbocycles. The Labute approximate surface area is 300 Å². The fraction of sp³-hybridized carbons (Fsp3) is 0.297. The van der Waals surface area contributed by atoms with E-state index in [2.05, 4.69) is 25.5 Å². The maximum absolute atomic E-state index is 13.1. The summed E-state index contributed by atoms with van der Waals surface area (Å²) in [5.41, 5.74) is 6.48. The van der Waals surface area contributed by atoms with Gasteiger partial charge in [0.1, 0.15) is 24.7 Å². The summed E-state index contributed by atoms with van der Waals surface area (Å²) in [6.07, 6.45) is 3.45. The van der Waals surface area contributed by atoms with Crippen LogP contribution in [0.15, 0.2) is 102 Å². The van der Waals surface area contributed by atoms with Crippen LogP contribution in [0.3, 0.4) is 0 Å². The van der Waals surface area contributed by atoms with Gasteiger partial charge in [0.2, 0.25) is 0 Å². The first-order chi connectivity index (χ1) is 24.4. The molecule has 2 heterocycles. The third kappa shape index (κ3) is 12.2. The van der Waals surface area contributed by atoms with Gasteiger partial charge in [-0.25, -0.2) is 9.59 Å². The minimum atomic E-state index is -0.520. The number of nitrogens with zero attached hydrogens (tertiary/aromatic N) is 3. The van der Waals surface area contributed by atoms with Crippen molar-refractivity contribution in [1.82, 2.24) is 25.5 Å². The summed E-state index contributed by atoms with van der Waals surface area (Å²) >= 11 is 2.85. The lowest BCUT2D eigenvalue weighted by molar-refractivity contribution is 0.126. The van der Waals surface area contributed by atoms with Crippen LogP contribution in [-0.2, 0) is 42.1 Å². The van der Waals surface area contributed by atoms with Crippen LogP contribution < -0.4 is 20.1 Å². The van der Waals surface area contributed by atoms with E-state index in [4.69, 9.17) is 18.9 Å². The Hall–Kier alpha value is -4.98. The van der Waals surface area contributed by atoms with Crippen LogP contribution in [0, 0.1) is 0 Å². The van der Waals surface area contributed by atoms with Crippen molar-refractivity contribution >= 4 is 34.9 Å². The number of rotatable bonds is 18. The summed E-state index contributed by atoms with van der Waals surface area (Å²) in [6.45, 7) is 1.61. The number of alkyl carbamates (subject to hydrolysis) is 2. The van der Waals surface area contributed by atoms with Crippen molar-refractivity contribution in [3.05, 3.63) is 129 Å². The van der Waals surface area contributed by atoms with Crippen LogP contribution in [0.5, 0.6) is 11.5 Å². The van der Waals surface area contributed by atoms with Crippen molar-refractivity contribution in [2.45, 2.75) is 44.7 Å². The summed E-state index contributed by atoms with van der Waals surface area (Å²) in [5, 5.41) is 6.21. The van der Waals surface area contributed by atoms with Gasteiger partial charge in [-0.05, 0) is 41.7 Å². The summed E-state index contributed by atoms with van der Waals surface area (Å²) in [7, 11) is 3.23. The Kier molecular flexibility index (Phi) is 14.0. The predicted octanol–water partition coefficient (Wildman–Crippen LogP) is 6.49. The largest absolute Gasteiger partial charge is 0.497 e. The number of hydrogen-bond donors (Lipinski definition) is 2. The highest BCUT2D eigenvalue weighted by molar-refractivity contribution is 7.09. The SMILES string of the molecule is COc1cc(CN(C[C@@H](Cc2ccccc2)NC(=O)OCc2cncs2)C[C@H](Cc2ccccc2)NC(=O)OCc2cncs2)cc(OC)c1. The molecule has 0 aliphatic rings. The van der Waals surface area contributed by atoms with Crippen molar-refractivity contribution in [2.24, 2.45) is 0 Å². The molecule has 2 amide bonds. The number of amides is 2. The van der Waals surface area contributed by atoms with E-state index in [1.807, 2.05) is 78.9 Å². The highest BCUT2D eigenvalue weighted by atomic mass is 32.1.